The summed E-state index contributed by atoms with van der Waals surface area (Å²) in [6, 6.07) is -0.698. The van der Waals surface area contributed by atoms with Gasteiger partial charge in [-0.15, -0.1) is 0 Å². The fourth-order valence-electron chi connectivity index (χ4n) is 0.751. The summed E-state index contributed by atoms with van der Waals surface area (Å²) in [5.74, 6) is -0.654. The van der Waals surface area contributed by atoms with Crippen LogP contribution in [0.15, 0.2) is 0 Å². The number of rotatable bonds is 4. The van der Waals surface area contributed by atoms with E-state index in [0.29, 0.717) is 0 Å². The maximum atomic E-state index is 11.2. The third-order valence-corrected chi connectivity index (χ3v) is 1.75. The highest BCUT2D eigenvalue weighted by molar-refractivity contribution is 7.80. The van der Waals surface area contributed by atoms with E-state index < -0.39 is 23.5 Å². The minimum Gasteiger partial charge on any atom is -0.459 e. The van der Waals surface area contributed by atoms with Gasteiger partial charge in [0.05, 0.1) is 6.04 Å². The molecule has 1 amide bonds. The molecule has 1 atom stereocenters. The average Bonchev–Trinajstić information content (AvgIpc) is 2.10. The molecule has 0 aliphatic heterocycles. The molecule has 6 heteroatoms. The number of amides is 1. The van der Waals surface area contributed by atoms with E-state index in [9.17, 15) is 9.59 Å². The lowest BCUT2D eigenvalue weighted by atomic mass is 10.2. The standard InChI is InChI=1S/C9H18N2O3S/c1-9(2,3)14-7(12)4-11-8(13)6(10)5-15/h6,15H,4-5,10H2,1-3H3,(H,11,13)/t6-/m0/s1. The van der Waals surface area contributed by atoms with Gasteiger partial charge in [0.1, 0.15) is 12.1 Å². The summed E-state index contributed by atoms with van der Waals surface area (Å²) < 4.78 is 4.99. The predicted octanol–water partition coefficient (Wildman–Crippen LogP) is -0.299. The molecule has 3 N–H and O–H groups in total. The van der Waals surface area contributed by atoms with Crippen LogP contribution in [0.2, 0.25) is 0 Å². The van der Waals surface area contributed by atoms with E-state index >= 15 is 0 Å². The van der Waals surface area contributed by atoms with Crippen molar-refractivity contribution in [1.82, 2.24) is 5.32 Å². The SMILES string of the molecule is CC(C)(C)OC(=O)CNC(=O)[C@@H](N)CS. The van der Waals surface area contributed by atoms with Crippen LogP contribution in [-0.2, 0) is 14.3 Å². The Hall–Kier alpha value is -0.750. The molecule has 0 bridgehead atoms. The topological polar surface area (TPSA) is 81.4 Å². The molecule has 0 aromatic heterocycles. The zero-order valence-electron chi connectivity index (χ0n) is 9.24. The van der Waals surface area contributed by atoms with E-state index in [-0.39, 0.29) is 12.3 Å². The first-order valence-electron chi connectivity index (χ1n) is 4.62. The van der Waals surface area contributed by atoms with Crippen LogP contribution in [0.5, 0.6) is 0 Å². The second-order valence-electron chi connectivity index (χ2n) is 4.09. The smallest absolute Gasteiger partial charge is 0.325 e. The van der Waals surface area contributed by atoms with Crippen LogP contribution in [0.25, 0.3) is 0 Å². The van der Waals surface area contributed by atoms with E-state index in [4.69, 9.17) is 10.5 Å². The summed E-state index contributed by atoms with van der Waals surface area (Å²) in [6.45, 7) is 5.10. The van der Waals surface area contributed by atoms with Gasteiger partial charge in [-0.25, -0.2) is 0 Å². The Morgan fingerprint density at radius 3 is 2.40 bits per heavy atom. The molecule has 0 saturated heterocycles. The van der Waals surface area contributed by atoms with Crippen molar-refractivity contribution >= 4 is 24.5 Å². The number of carbonyl (C=O) groups excluding carboxylic acids is 2. The van der Waals surface area contributed by atoms with Gasteiger partial charge in [0.2, 0.25) is 5.91 Å². The van der Waals surface area contributed by atoms with Gasteiger partial charge in [-0.1, -0.05) is 0 Å². The van der Waals surface area contributed by atoms with Crippen molar-refractivity contribution in [3.63, 3.8) is 0 Å². The third-order valence-electron chi connectivity index (χ3n) is 1.36. The maximum Gasteiger partial charge on any atom is 0.325 e. The second kappa shape index (κ2) is 5.97. The van der Waals surface area contributed by atoms with Crippen molar-refractivity contribution in [2.75, 3.05) is 12.3 Å². The first-order valence-corrected chi connectivity index (χ1v) is 5.25. The van der Waals surface area contributed by atoms with Gasteiger partial charge in [-0.3, -0.25) is 9.59 Å². The molecule has 0 saturated carbocycles. The lowest BCUT2D eigenvalue weighted by molar-refractivity contribution is -0.154. The molecule has 0 rings (SSSR count). The molecular weight excluding hydrogens is 216 g/mol. The van der Waals surface area contributed by atoms with E-state index in [1.54, 1.807) is 20.8 Å². The highest BCUT2D eigenvalue weighted by Gasteiger charge is 2.18. The van der Waals surface area contributed by atoms with Crippen molar-refractivity contribution in [3.05, 3.63) is 0 Å². The number of carbonyl (C=O) groups is 2. The molecule has 0 aliphatic carbocycles. The largest absolute Gasteiger partial charge is 0.459 e. The zero-order chi connectivity index (χ0) is 12.1. The summed E-state index contributed by atoms with van der Waals surface area (Å²) in [4.78, 5) is 22.3. The number of hydrogen-bond acceptors (Lipinski definition) is 5. The fourth-order valence-corrected chi connectivity index (χ4v) is 0.917. The van der Waals surface area contributed by atoms with E-state index in [2.05, 4.69) is 17.9 Å². The second-order valence-corrected chi connectivity index (χ2v) is 4.46. The van der Waals surface area contributed by atoms with Crippen LogP contribution >= 0.6 is 12.6 Å². The van der Waals surface area contributed by atoms with Crippen LogP contribution in [0.1, 0.15) is 20.8 Å². The molecule has 0 spiro atoms. The molecule has 0 heterocycles. The van der Waals surface area contributed by atoms with E-state index in [1.807, 2.05) is 0 Å². The van der Waals surface area contributed by atoms with Gasteiger partial charge in [0.25, 0.3) is 0 Å². The molecule has 0 aromatic carbocycles. The Bertz CT molecular complexity index is 238. The molecule has 0 unspecified atom stereocenters. The molecule has 88 valence electrons. The predicted molar refractivity (Wildman–Crippen MR) is 60.7 cm³/mol. The van der Waals surface area contributed by atoms with Crippen LogP contribution in [-0.4, -0.2) is 35.8 Å². The Kier molecular flexibility index (Phi) is 5.67. The molecule has 0 radical (unpaired) electrons. The number of ether oxygens (including phenoxy) is 1. The number of nitrogens with two attached hydrogens (primary N) is 1. The van der Waals surface area contributed by atoms with Gasteiger partial charge in [0.15, 0.2) is 0 Å². The summed E-state index contributed by atoms with van der Waals surface area (Å²) in [5, 5.41) is 2.37. The lowest BCUT2D eigenvalue weighted by Crippen LogP contribution is -2.44. The Morgan fingerprint density at radius 2 is 2.00 bits per heavy atom. The summed E-state index contributed by atoms with van der Waals surface area (Å²) in [7, 11) is 0. The average molecular weight is 234 g/mol. The van der Waals surface area contributed by atoms with Crippen LogP contribution < -0.4 is 11.1 Å². The van der Waals surface area contributed by atoms with Gasteiger partial charge in [-0.2, -0.15) is 12.6 Å². The van der Waals surface area contributed by atoms with Crippen molar-refractivity contribution in [2.24, 2.45) is 5.73 Å². The van der Waals surface area contributed by atoms with Crippen LogP contribution in [0, 0.1) is 0 Å². The molecule has 0 fully saturated rings. The highest BCUT2D eigenvalue weighted by Crippen LogP contribution is 2.06. The van der Waals surface area contributed by atoms with Gasteiger partial charge in [-0.05, 0) is 20.8 Å². The fraction of sp³-hybridized carbons (Fsp3) is 0.778. The normalized spacial score (nSPS) is 13.1. The van der Waals surface area contributed by atoms with Crippen LogP contribution in [0.4, 0.5) is 0 Å². The molecule has 5 nitrogen and oxygen atoms in total. The zero-order valence-corrected chi connectivity index (χ0v) is 10.1. The summed E-state index contributed by atoms with van der Waals surface area (Å²) in [6.07, 6.45) is 0. The highest BCUT2D eigenvalue weighted by atomic mass is 32.1. The monoisotopic (exact) mass is 234 g/mol. The molecule has 0 aromatic rings. The summed E-state index contributed by atoms with van der Waals surface area (Å²) in [5.41, 5.74) is 4.84. The van der Waals surface area contributed by atoms with E-state index in [0.717, 1.165) is 0 Å². The Morgan fingerprint density at radius 1 is 1.47 bits per heavy atom. The number of hydrogen-bond donors (Lipinski definition) is 3. The van der Waals surface area contributed by atoms with Crippen molar-refractivity contribution in [3.8, 4) is 0 Å². The van der Waals surface area contributed by atoms with Gasteiger partial charge >= 0.3 is 5.97 Å². The number of esters is 1. The lowest BCUT2D eigenvalue weighted by Gasteiger charge is -2.19. The minimum absolute atomic E-state index is 0.169. The Labute approximate surface area is 95.1 Å². The number of thiol groups is 1. The molecule has 15 heavy (non-hydrogen) atoms. The van der Waals surface area contributed by atoms with E-state index in [1.165, 1.54) is 0 Å². The maximum absolute atomic E-state index is 11.2. The quantitative estimate of drug-likeness (QED) is 0.461. The van der Waals surface area contributed by atoms with Crippen molar-refractivity contribution in [1.29, 1.82) is 0 Å². The van der Waals surface area contributed by atoms with Crippen molar-refractivity contribution < 1.29 is 14.3 Å². The van der Waals surface area contributed by atoms with Gasteiger partial charge < -0.3 is 15.8 Å². The van der Waals surface area contributed by atoms with Crippen LogP contribution in [0.3, 0.4) is 0 Å². The third kappa shape index (κ3) is 7.21. The van der Waals surface area contributed by atoms with Crippen molar-refractivity contribution in [2.45, 2.75) is 32.4 Å². The Balaban J connectivity index is 3.87. The minimum atomic E-state index is -0.698. The molecular formula is C9H18N2O3S. The first kappa shape index (κ1) is 14.2. The number of nitrogens with one attached hydrogen (secondary N) is 1. The first-order chi connectivity index (χ1) is 6.76. The summed E-state index contributed by atoms with van der Waals surface area (Å²) >= 11 is 3.87. The molecule has 0 aliphatic rings. The van der Waals surface area contributed by atoms with Gasteiger partial charge in [0, 0.05) is 5.75 Å².